The van der Waals surface area contributed by atoms with E-state index in [1.54, 1.807) is 44.3 Å². The number of amides is 1. The van der Waals surface area contributed by atoms with Crippen LogP contribution in [0.25, 0.3) is 6.08 Å². The van der Waals surface area contributed by atoms with Crippen molar-refractivity contribution >= 4 is 33.6 Å². The third-order valence-electron chi connectivity index (χ3n) is 3.65. The summed E-state index contributed by atoms with van der Waals surface area (Å²) in [5.41, 5.74) is 2.36. The SMILES string of the molecule is Cc1ccc(S(=O)(=O)NCCNC(=O)/C=C/c2c(C)nn(C)c2Cl)cc1. The number of sulfonamides is 1. The van der Waals surface area contributed by atoms with Gasteiger partial charge in [-0.15, -0.1) is 0 Å². The molecule has 9 heteroatoms. The van der Waals surface area contributed by atoms with Gasteiger partial charge in [0.15, 0.2) is 0 Å². The number of aryl methyl sites for hydroxylation is 3. The van der Waals surface area contributed by atoms with Crippen molar-refractivity contribution in [2.24, 2.45) is 7.05 Å². The zero-order valence-electron chi connectivity index (χ0n) is 14.8. The van der Waals surface area contributed by atoms with Crippen LogP contribution in [0.4, 0.5) is 0 Å². The van der Waals surface area contributed by atoms with E-state index in [1.165, 1.54) is 10.8 Å². The Hall–Kier alpha value is -2.16. The van der Waals surface area contributed by atoms with Crippen LogP contribution in [0.5, 0.6) is 0 Å². The number of hydrogen-bond acceptors (Lipinski definition) is 4. The molecule has 0 unspecified atom stereocenters. The Morgan fingerprint density at radius 1 is 1.23 bits per heavy atom. The molecule has 0 bridgehead atoms. The van der Waals surface area contributed by atoms with Crippen LogP contribution in [0.15, 0.2) is 35.2 Å². The van der Waals surface area contributed by atoms with Gasteiger partial charge in [0.1, 0.15) is 5.15 Å². The molecule has 0 spiro atoms. The molecule has 140 valence electrons. The average Bonchev–Trinajstić information content (AvgIpc) is 2.82. The molecule has 7 nitrogen and oxygen atoms in total. The molecule has 2 N–H and O–H groups in total. The van der Waals surface area contributed by atoms with E-state index < -0.39 is 10.0 Å². The molecule has 0 atom stereocenters. The lowest BCUT2D eigenvalue weighted by Gasteiger charge is -2.07. The van der Waals surface area contributed by atoms with E-state index >= 15 is 0 Å². The summed E-state index contributed by atoms with van der Waals surface area (Å²) in [5, 5.41) is 7.20. The van der Waals surface area contributed by atoms with Crippen molar-refractivity contribution in [2.75, 3.05) is 13.1 Å². The molecule has 0 fully saturated rings. The highest BCUT2D eigenvalue weighted by Gasteiger charge is 2.13. The topological polar surface area (TPSA) is 93.1 Å². The van der Waals surface area contributed by atoms with Crippen molar-refractivity contribution in [3.8, 4) is 0 Å². The van der Waals surface area contributed by atoms with Crippen LogP contribution in [-0.4, -0.2) is 37.2 Å². The molecule has 1 aromatic carbocycles. The van der Waals surface area contributed by atoms with Crippen LogP contribution in [0, 0.1) is 13.8 Å². The number of halogens is 1. The smallest absolute Gasteiger partial charge is 0.244 e. The fourth-order valence-electron chi connectivity index (χ4n) is 2.23. The lowest BCUT2D eigenvalue weighted by atomic mass is 10.2. The second-order valence-electron chi connectivity index (χ2n) is 5.75. The molecular formula is C17H21ClN4O3S. The number of benzene rings is 1. The first-order valence-corrected chi connectivity index (χ1v) is 9.78. The molecule has 0 aliphatic carbocycles. The van der Waals surface area contributed by atoms with Gasteiger partial charge in [0.05, 0.1) is 10.6 Å². The Balaban J connectivity index is 1.83. The summed E-state index contributed by atoms with van der Waals surface area (Å²) < 4.78 is 28.2. The number of hydrogen-bond donors (Lipinski definition) is 2. The van der Waals surface area contributed by atoms with Crippen molar-refractivity contribution < 1.29 is 13.2 Å². The molecule has 0 radical (unpaired) electrons. The molecule has 1 heterocycles. The second kappa shape index (κ2) is 8.48. The minimum Gasteiger partial charge on any atom is -0.351 e. The van der Waals surface area contributed by atoms with Crippen molar-refractivity contribution in [3.05, 3.63) is 52.3 Å². The van der Waals surface area contributed by atoms with E-state index in [-0.39, 0.29) is 23.9 Å². The highest BCUT2D eigenvalue weighted by molar-refractivity contribution is 7.89. The minimum atomic E-state index is -3.59. The van der Waals surface area contributed by atoms with Crippen LogP contribution in [0.3, 0.4) is 0 Å². The highest BCUT2D eigenvalue weighted by Crippen LogP contribution is 2.19. The Labute approximate surface area is 158 Å². The summed E-state index contributed by atoms with van der Waals surface area (Å²) >= 11 is 6.08. The van der Waals surface area contributed by atoms with Crippen molar-refractivity contribution in [1.29, 1.82) is 0 Å². The fraction of sp³-hybridized carbons (Fsp3) is 0.294. The van der Waals surface area contributed by atoms with Crippen molar-refractivity contribution in [3.63, 3.8) is 0 Å². The molecular weight excluding hydrogens is 376 g/mol. The number of nitrogens with one attached hydrogen (secondary N) is 2. The molecule has 2 rings (SSSR count). The Morgan fingerprint density at radius 2 is 1.88 bits per heavy atom. The first-order chi connectivity index (χ1) is 12.2. The molecule has 2 aromatic rings. The molecule has 26 heavy (non-hydrogen) atoms. The molecule has 0 saturated heterocycles. The zero-order chi connectivity index (χ0) is 19.3. The van der Waals surface area contributed by atoms with Crippen molar-refractivity contribution in [2.45, 2.75) is 18.7 Å². The van der Waals surface area contributed by atoms with Gasteiger partial charge in [-0.3, -0.25) is 9.48 Å². The summed E-state index contributed by atoms with van der Waals surface area (Å²) in [6.07, 6.45) is 2.92. The third kappa shape index (κ3) is 5.17. The summed E-state index contributed by atoms with van der Waals surface area (Å²) in [7, 11) is -1.87. The first kappa shape index (κ1) is 20.2. The molecule has 0 aliphatic rings. The van der Waals surface area contributed by atoms with Gasteiger partial charge >= 0.3 is 0 Å². The van der Waals surface area contributed by atoms with Gasteiger partial charge < -0.3 is 5.32 Å². The maximum Gasteiger partial charge on any atom is 0.244 e. The number of aromatic nitrogens is 2. The van der Waals surface area contributed by atoms with Crippen LogP contribution < -0.4 is 10.0 Å². The summed E-state index contributed by atoms with van der Waals surface area (Å²) in [5.74, 6) is -0.348. The number of rotatable bonds is 7. The van der Waals surface area contributed by atoms with Gasteiger partial charge in [-0.1, -0.05) is 29.3 Å². The average molecular weight is 397 g/mol. The lowest BCUT2D eigenvalue weighted by molar-refractivity contribution is -0.116. The second-order valence-corrected chi connectivity index (χ2v) is 7.87. The Bertz CT molecular complexity index is 918. The van der Waals surface area contributed by atoms with Gasteiger partial charge in [-0.2, -0.15) is 5.10 Å². The van der Waals surface area contributed by atoms with E-state index in [9.17, 15) is 13.2 Å². The summed E-state index contributed by atoms with van der Waals surface area (Å²) in [4.78, 5) is 12.0. The number of carbonyl (C=O) groups is 1. The zero-order valence-corrected chi connectivity index (χ0v) is 16.4. The lowest BCUT2D eigenvalue weighted by Crippen LogP contribution is -2.34. The van der Waals surface area contributed by atoms with Crippen LogP contribution in [0.1, 0.15) is 16.8 Å². The third-order valence-corrected chi connectivity index (χ3v) is 5.57. The quantitative estimate of drug-likeness (QED) is 0.551. The van der Waals surface area contributed by atoms with E-state index in [2.05, 4.69) is 15.1 Å². The maximum atomic E-state index is 12.1. The van der Waals surface area contributed by atoms with Crippen LogP contribution in [-0.2, 0) is 21.9 Å². The normalized spacial score (nSPS) is 11.8. The summed E-state index contributed by atoms with van der Waals surface area (Å²) in [6.45, 7) is 3.92. The van der Waals surface area contributed by atoms with E-state index in [4.69, 9.17) is 11.6 Å². The van der Waals surface area contributed by atoms with Crippen molar-refractivity contribution in [1.82, 2.24) is 19.8 Å². The number of nitrogens with zero attached hydrogens (tertiary/aromatic N) is 2. The maximum absolute atomic E-state index is 12.1. The molecule has 1 aromatic heterocycles. The standard InChI is InChI=1S/C17H21ClN4O3S/c1-12-4-6-14(7-5-12)26(24,25)20-11-10-19-16(23)9-8-15-13(2)21-22(3)17(15)18/h4-9,20H,10-11H2,1-3H3,(H,19,23)/b9-8+. The van der Waals surface area contributed by atoms with Crippen LogP contribution >= 0.6 is 11.6 Å². The van der Waals surface area contributed by atoms with Crippen LogP contribution in [0.2, 0.25) is 5.15 Å². The Morgan fingerprint density at radius 3 is 2.46 bits per heavy atom. The predicted octanol–water partition coefficient (Wildman–Crippen LogP) is 1.80. The highest BCUT2D eigenvalue weighted by atomic mass is 35.5. The number of carbonyl (C=O) groups excluding carboxylic acids is 1. The fourth-order valence-corrected chi connectivity index (χ4v) is 3.49. The molecule has 1 amide bonds. The van der Waals surface area contributed by atoms with E-state index in [0.717, 1.165) is 5.56 Å². The van der Waals surface area contributed by atoms with Gasteiger partial charge in [0, 0.05) is 31.8 Å². The molecule has 0 aliphatic heterocycles. The first-order valence-electron chi connectivity index (χ1n) is 7.92. The van der Waals surface area contributed by atoms with Gasteiger partial charge in [-0.25, -0.2) is 13.1 Å². The Kier molecular flexibility index (Phi) is 6.57. The predicted molar refractivity (Wildman–Crippen MR) is 101 cm³/mol. The van der Waals surface area contributed by atoms with E-state index in [1.807, 2.05) is 6.92 Å². The molecule has 0 saturated carbocycles. The van der Waals surface area contributed by atoms with E-state index in [0.29, 0.717) is 16.4 Å². The van der Waals surface area contributed by atoms with Gasteiger partial charge in [-0.05, 0) is 32.1 Å². The summed E-state index contributed by atoms with van der Waals surface area (Å²) in [6, 6.07) is 6.54. The largest absolute Gasteiger partial charge is 0.351 e. The van der Waals surface area contributed by atoms with Gasteiger partial charge in [0.25, 0.3) is 0 Å². The monoisotopic (exact) mass is 396 g/mol. The minimum absolute atomic E-state index is 0.0858. The van der Waals surface area contributed by atoms with Gasteiger partial charge in [0.2, 0.25) is 15.9 Å².